The fourth-order valence-corrected chi connectivity index (χ4v) is 7.63. The number of nitrogens with zero attached hydrogens (tertiary/aromatic N) is 2. The zero-order chi connectivity index (χ0) is 26.3. The standard InChI is InChI=1S/C32H32N2O4/c1-3-13-32-14-11-22(17-32)26-27(32)31(38)33(28(26)35)15-12-18-5-7-19(8-6-18)23(4-2)34-29(36)24-20-9-10-21(16-20)25(24)30(34)37/h3-11,14,20-23,35-38H,1-2,12-13,15-17H2. The lowest BCUT2D eigenvalue weighted by Gasteiger charge is -2.23. The number of hydrogen-bond acceptors (Lipinski definition) is 4. The molecule has 3 aromatic rings. The van der Waals surface area contributed by atoms with E-state index in [9.17, 15) is 20.4 Å². The highest BCUT2D eigenvalue weighted by Crippen LogP contribution is 2.61. The first-order valence-corrected chi connectivity index (χ1v) is 13.4. The van der Waals surface area contributed by atoms with Crippen LogP contribution in [0.25, 0.3) is 0 Å². The van der Waals surface area contributed by atoms with Crippen molar-refractivity contribution in [3.05, 3.63) is 107 Å². The number of benzene rings is 1. The van der Waals surface area contributed by atoms with Crippen LogP contribution in [-0.4, -0.2) is 29.6 Å². The highest BCUT2D eigenvalue weighted by molar-refractivity contribution is 5.63. The first-order valence-electron chi connectivity index (χ1n) is 13.4. The summed E-state index contributed by atoms with van der Waals surface area (Å²) in [5.74, 6) is 1.02. The summed E-state index contributed by atoms with van der Waals surface area (Å²) in [6.45, 7) is 8.33. The van der Waals surface area contributed by atoms with E-state index in [-0.39, 0.29) is 46.7 Å². The molecule has 4 aliphatic carbocycles. The topological polar surface area (TPSA) is 90.8 Å². The fraction of sp³-hybridized carbons (Fsp3) is 0.312. The molecule has 4 aliphatic rings. The van der Waals surface area contributed by atoms with Gasteiger partial charge in [0.2, 0.25) is 0 Å². The van der Waals surface area contributed by atoms with Crippen LogP contribution in [0.5, 0.6) is 23.5 Å². The van der Waals surface area contributed by atoms with Gasteiger partial charge in [0, 0.05) is 52.0 Å². The Morgan fingerprint density at radius 2 is 1.55 bits per heavy atom. The Morgan fingerprint density at radius 1 is 0.868 bits per heavy atom. The molecule has 38 heavy (non-hydrogen) atoms. The van der Waals surface area contributed by atoms with Gasteiger partial charge in [0.15, 0.2) is 23.5 Å². The zero-order valence-electron chi connectivity index (χ0n) is 21.2. The molecule has 5 unspecified atom stereocenters. The average Bonchev–Trinajstić information content (AvgIpc) is 3.75. The van der Waals surface area contributed by atoms with Gasteiger partial charge in [0.1, 0.15) is 0 Å². The molecule has 0 spiro atoms. The highest BCUT2D eigenvalue weighted by atomic mass is 16.3. The Kier molecular flexibility index (Phi) is 4.84. The number of rotatable bonds is 8. The number of fused-ring (bicyclic) bond motifs is 10. The van der Waals surface area contributed by atoms with Gasteiger partial charge < -0.3 is 20.4 Å². The number of aromatic nitrogens is 2. The average molecular weight is 509 g/mol. The minimum absolute atomic E-state index is 0.118. The van der Waals surface area contributed by atoms with Crippen molar-refractivity contribution in [1.29, 1.82) is 0 Å². The molecule has 0 amide bonds. The Morgan fingerprint density at radius 3 is 2.18 bits per heavy atom. The molecule has 4 bridgehead atoms. The summed E-state index contributed by atoms with van der Waals surface area (Å²) in [5.41, 5.74) is 5.10. The second-order valence-corrected chi connectivity index (χ2v) is 11.3. The number of hydrogen-bond donors (Lipinski definition) is 4. The maximum absolute atomic E-state index is 11.1. The van der Waals surface area contributed by atoms with E-state index >= 15 is 0 Å². The molecule has 0 radical (unpaired) electrons. The lowest BCUT2D eigenvalue weighted by molar-refractivity contribution is 0.356. The Labute approximate surface area is 221 Å². The molecule has 5 atom stereocenters. The molecule has 0 saturated carbocycles. The van der Waals surface area contributed by atoms with Crippen molar-refractivity contribution >= 4 is 0 Å². The van der Waals surface area contributed by atoms with Crippen molar-refractivity contribution in [1.82, 2.24) is 9.13 Å². The maximum atomic E-state index is 11.1. The third-order valence-corrected chi connectivity index (χ3v) is 9.35. The van der Waals surface area contributed by atoms with Gasteiger partial charge in [-0.3, -0.25) is 9.13 Å². The van der Waals surface area contributed by atoms with Crippen molar-refractivity contribution in [3.8, 4) is 23.5 Å². The van der Waals surface area contributed by atoms with E-state index in [1.165, 1.54) is 0 Å². The van der Waals surface area contributed by atoms with Gasteiger partial charge in [0.05, 0.1) is 6.04 Å². The summed E-state index contributed by atoms with van der Waals surface area (Å²) in [5, 5.41) is 44.2. The fourth-order valence-electron chi connectivity index (χ4n) is 7.63. The van der Waals surface area contributed by atoms with E-state index < -0.39 is 6.04 Å². The van der Waals surface area contributed by atoms with Gasteiger partial charge in [0.25, 0.3) is 0 Å². The Balaban J connectivity index is 1.12. The van der Waals surface area contributed by atoms with Crippen LogP contribution in [0, 0.1) is 0 Å². The molecular formula is C32H32N2O4. The van der Waals surface area contributed by atoms with Crippen LogP contribution in [-0.2, 0) is 18.4 Å². The predicted molar refractivity (Wildman–Crippen MR) is 146 cm³/mol. The third-order valence-electron chi connectivity index (χ3n) is 9.35. The monoisotopic (exact) mass is 508 g/mol. The number of aryl methyl sites for hydroxylation is 1. The van der Waals surface area contributed by atoms with Gasteiger partial charge in [-0.15, -0.1) is 13.2 Å². The Hall–Kier alpha value is -4.06. The minimum atomic E-state index is -0.404. The van der Waals surface area contributed by atoms with Crippen molar-refractivity contribution in [2.75, 3.05) is 0 Å². The highest BCUT2D eigenvalue weighted by Gasteiger charge is 2.50. The second-order valence-electron chi connectivity index (χ2n) is 11.3. The molecule has 0 fully saturated rings. The zero-order valence-corrected chi connectivity index (χ0v) is 21.2. The molecule has 2 aromatic heterocycles. The molecule has 4 N–H and O–H groups in total. The molecule has 7 rings (SSSR count). The maximum Gasteiger partial charge on any atom is 0.198 e. The molecule has 2 heterocycles. The minimum Gasteiger partial charge on any atom is -0.494 e. The summed E-state index contributed by atoms with van der Waals surface area (Å²) in [6.07, 6.45) is 15.3. The van der Waals surface area contributed by atoms with Crippen molar-refractivity contribution in [2.45, 2.75) is 61.4 Å². The van der Waals surface area contributed by atoms with E-state index in [0.29, 0.717) is 13.0 Å². The summed E-state index contributed by atoms with van der Waals surface area (Å²) < 4.78 is 3.21. The summed E-state index contributed by atoms with van der Waals surface area (Å²) in [6, 6.07) is 7.59. The van der Waals surface area contributed by atoms with E-state index in [2.05, 4.69) is 37.5 Å². The van der Waals surface area contributed by atoms with Crippen molar-refractivity contribution in [3.63, 3.8) is 0 Å². The van der Waals surface area contributed by atoms with Gasteiger partial charge in [-0.2, -0.15) is 0 Å². The van der Waals surface area contributed by atoms with Gasteiger partial charge in [-0.1, -0.05) is 60.7 Å². The summed E-state index contributed by atoms with van der Waals surface area (Å²) >= 11 is 0. The van der Waals surface area contributed by atoms with Crippen molar-refractivity contribution < 1.29 is 20.4 Å². The van der Waals surface area contributed by atoms with Gasteiger partial charge in [-0.05, 0) is 36.8 Å². The number of allylic oxidation sites excluding steroid dienone is 6. The van der Waals surface area contributed by atoms with Crippen LogP contribution in [0.2, 0.25) is 0 Å². The van der Waals surface area contributed by atoms with E-state index in [0.717, 1.165) is 52.6 Å². The van der Waals surface area contributed by atoms with Crippen LogP contribution in [0.15, 0.2) is 73.9 Å². The summed E-state index contributed by atoms with van der Waals surface area (Å²) in [4.78, 5) is 0. The van der Waals surface area contributed by atoms with E-state index in [4.69, 9.17) is 0 Å². The van der Waals surface area contributed by atoms with Gasteiger partial charge >= 0.3 is 0 Å². The molecule has 1 aromatic carbocycles. The molecular weight excluding hydrogens is 476 g/mol. The largest absolute Gasteiger partial charge is 0.494 e. The van der Waals surface area contributed by atoms with Crippen LogP contribution >= 0.6 is 0 Å². The lowest BCUT2D eigenvalue weighted by atomic mass is 9.81. The Bertz CT molecular complexity index is 1520. The molecule has 6 nitrogen and oxygen atoms in total. The first kappa shape index (κ1) is 23.1. The SMILES string of the molecule is C=CCC12C=CC(C1)c1c2c(O)n(CCc2ccc(C(C=C)n3c(O)c4c(c3O)C3C=CC4C3)cc2)c1O. The molecule has 194 valence electrons. The normalized spacial score (nSPS) is 26.2. The van der Waals surface area contributed by atoms with Crippen LogP contribution in [0.4, 0.5) is 0 Å². The van der Waals surface area contributed by atoms with Gasteiger partial charge in [-0.25, -0.2) is 0 Å². The number of aromatic hydroxyl groups is 4. The summed E-state index contributed by atoms with van der Waals surface area (Å²) in [7, 11) is 0. The predicted octanol–water partition coefficient (Wildman–Crippen LogP) is 6.14. The molecule has 0 aliphatic heterocycles. The van der Waals surface area contributed by atoms with Crippen molar-refractivity contribution in [2.24, 2.45) is 0 Å². The first-order chi connectivity index (χ1) is 18.4. The van der Waals surface area contributed by atoms with Crippen LogP contribution in [0.1, 0.15) is 76.4 Å². The second kappa shape index (κ2) is 7.97. The smallest absolute Gasteiger partial charge is 0.198 e. The van der Waals surface area contributed by atoms with Crippen LogP contribution in [0.3, 0.4) is 0 Å². The molecule has 6 heteroatoms. The van der Waals surface area contributed by atoms with Crippen LogP contribution < -0.4 is 0 Å². The van der Waals surface area contributed by atoms with E-state index in [1.807, 2.05) is 30.3 Å². The molecule has 0 saturated heterocycles. The quantitative estimate of drug-likeness (QED) is 0.275. The van der Waals surface area contributed by atoms with E-state index in [1.54, 1.807) is 15.2 Å². The lowest BCUT2D eigenvalue weighted by Crippen LogP contribution is -2.17. The third kappa shape index (κ3) is 2.89.